The first-order valence-electron chi connectivity index (χ1n) is 6.85. The second-order valence-corrected chi connectivity index (χ2v) is 13.0. The standard InChI is InChI=1S/C16H20NSi2/c1-11-15-14(9-10-17-11)19(4,5)13-8-6-7-12(16(13)15)18(2)3/h6-10H,1-5H3. The lowest BCUT2D eigenvalue weighted by atomic mass is 10.0. The van der Waals surface area contributed by atoms with E-state index in [0.717, 1.165) is 0 Å². The van der Waals surface area contributed by atoms with Crippen molar-refractivity contribution in [2.45, 2.75) is 33.1 Å². The van der Waals surface area contributed by atoms with Gasteiger partial charge in [0.05, 0.1) is 8.80 Å². The SMILES string of the molecule is Cc1nccc2c1-c1c([Si](C)C)cccc1[Si]2(C)C. The lowest BCUT2D eigenvalue weighted by Gasteiger charge is -2.19. The molecule has 0 aliphatic carbocycles. The molecule has 0 saturated carbocycles. The van der Waals surface area contributed by atoms with E-state index in [9.17, 15) is 0 Å². The van der Waals surface area contributed by atoms with Crippen LogP contribution in [0.3, 0.4) is 0 Å². The molecule has 97 valence electrons. The van der Waals surface area contributed by atoms with Gasteiger partial charge >= 0.3 is 0 Å². The number of hydrogen-bond acceptors (Lipinski definition) is 1. The van der Waals surface area contributed by atoms with Crippen LogP contribution in [-0.2, 0) is 0 Å². The highest BCUT2D eigenvalue weighted by atomic mass is 28.3. The topological polar surface area (TPSA) is 12.9 Å². The van der Waals surface area contributed by atoms with Crippen LogP contribution in [0.4, 0.5) is 0 Å². The Morgan fingerprint density at radius 1 is 1.00 bits per heavy atom. The van der Waals surface area contributed by atoms with Gasteiger partial charge in [0.1, 0.15) is 8.07 Å². The van der Waals surface area contributed by atoms with Crippen LogP contribution < -0.4 is 15.6 Å². The monoisotopic (exact) mass is 282 g/mol. The highest BCUT2D eigenvalue weighted by Crippen LogP contribution is 2.28. The molecule has 0 N–H and O–H groups in total. The molecule has 0 fully saturated rings. The summed E-state index contributed by atoms with van der Waals surface area (Å²) in [5, 5.41) is 4.77. The minimum absolute atomic E-state index is 0.450. The van der Waals surface area contributed by atoms with Gasteiger partial charge in [0.2, 0.25) is 0 Å². The average Bonchev–Trinajstić information content (AvgIpc) is 2.60. The average molecular weight is 283 g/mol. The zero-order chi connectivity index (χ0) is 13.8. The Labute approximate surface area is 118 Å². The summed E-state index contributed by atoms with van der Waals surface area (Å²) in [6.07, 6.45) is 1.98. The summed E-state index contributed by atoms with van der Waals surface area (Å²) in [7, 11) is -1.96. The first-order valence-corrected chi connectivity index (χ1v) is 12.3. The quantitative estimate of drug-likeness (QED) is 0.731. The van der Waals surface area contributed by atoms with E-state index in [0.29, 0.717) is 0 Å². The maximum atomic E-state index is 4.55. The number of pyridine rings is 1. The lowest BCUT2D eigenvalue weighted by Crippen LogP contribution is -2.50. The zero-order valence-electron chi connectivity index (χ0n) is 12.3. The summed E-state index contributed by atoms with van der Waals surface area (Å²) in [5.41, 5.74) is 4.20. The van der Waals surface area contributed by atoms with Crippen molar-refractivity contribution in [3.05, 3.63) is 36.2 Å². The van der Waals surface area contributed by atoms with Crippen molar-refractivity contribution in [1.29, 1.82) is 0 Å². The van der Waals surface area contributed by atoms with Crippen LogP contribution in [0.5, 0.6) is 0 Å². The summed E-state index contributed by atoms with van der Waals surface area (Å²) in [4.78, 5) is 4.55. The van der Waals surface area contributed by atoms with Crippen molar-refractivity contribution in [1.82, 2.24) is 4.98 Å². The van der Waals surface area contributed by atoms with E-state index in [-0.39, 0.29) is 0 Å². The Kier molecular flexibility index (Phi) is 2.80. The molecule has 0 unspecified atom stereocenters. The first kappa shape index (κ1) is 12.8. The molecule has 2 aromatic rings. The summed E-state index contributed by atoms with van der Waals surface area (Å²) in [6, 6.07) is 9.21. The van der Waals surface area contributed by atoms with E-state index in [1.54, 1.807) is 21.1 Å². The summed E-state index contributed by atoms with van der Waals surface area (Å²) < 4.78 is 0. The van der Waals surface area contributed by atoms with Gasteiger partial charge in [0, 0.05) is 17.5 Å². The number of aromatic nitrogens is 1. The minimum Gasteiger partial charge on any atom is -0.261 e. The van der Waals surface area contributed by atoms with Gasteiger partial charge in [-0.1, -0.05) is 49.6 Å². The number of benzene rings is 1. The Hall–Kier alpha value is -1.20. The molecule has 0 atom stereocenters. The van der Waals surface area contributed by atoms with E-state index in [4.69, 9.17) is 0 Å². The van der Waals surface area contributed by atoms with Gasteiger partial charge in [0.25, 0.3) is 0 Å². The smallest absolute Gasteiger partial charge is 0.113 e. The highest BCUT2D eigenvalue weighted by Gasteiger charge is 2.39. The Balaban J connectivity index is 2.45. The fourth-order valence-electron chi connectivity index (χ4n) is 3.31. The van der Waals surface area contributed by atoms with Crippen molar-refractivity contribution in [3.8, 4) is 11.1 Å². The third kappa shape index (κ3) is 1.68. The zero-order valence-corrected chi connectivity index (χ0v) is 14.3. The van der Waals surface area contributed by atoms with Gasteiger partial charge in [-0.3, -0.25) is 4.98 Å². The van der Waals surface area contributed by atoms with Crippen LogP contribution in [0.15, 0.2) is 30.5 Å². The second-order valence-electron chi connectivity index (χ2n) is 6.17. The van der Waals surface area contributed by atoms with E-state index >= 15 is 0 Å². The Morgan fingerprint density at radius 3 is 2.37 bits per heavy atom. The molecule has 0 bridgehead atoms. The van der Waals surface area contributed by atoms with Gasteiger partial charge in [0.15, 0.2) is 0 Å². The molecule has 0 amide bonds. The molecule has 1 aliphatic rings. The minimum atomic E-state index is -1.51. The molecule has 3 heteroatoms. The van der Waals surface area contributed by atoms with E-state index in [1.807, 2.05) is 6.20 Å². The predicted molar refractivity (Wildman–Crippen MR) is 88.3 cm³/mol. The van der Waals surface area contributed by atoms with E-state index in [1.165, 1.54) is 11.3 Å². The summed E-state index contributed by atoms with van der Waals surface area (Å²) in [5.74, 6) is 0. The maximum Gasteiger partial charge on any atom is 0.113 e. The van der Waals surface area contributed by atoms with Crippen molar-refractivity contribution >= 4 is 32.4 Å². The van der Waals surface area contributed by atoms with Gasteiger partial charge in [-0.15, -0.1) is 0 Å². The number of aryl methyl sites for hydroxylation is 1. The number of hydrogen-bond donors (Lipinski definition) is 0. The molecular formula is C16H20NSi2. The third-order valence-corrected chi connectivity index (χ3v) is 9.36. The molecule has 1 aliphatic heterocycles. The maximum absolute atomic E-state index is 4.55. The van der Waals surface area contributed by atoms with Crippen LogP contribution in [0.2, 0.25) is 26.2 Å². The second kappa shape index (κ2) is 4.15. The first-order chi connectivity index (χ1) is 8.94. The third-order valence-electron chi connectivity index (χ3n) is 4.34. The highest BCUT2D eigenvalue weighted by molar-refractivity contribution is 7.04. The fraction of sp³-hybridized carbons (Fsp3) is 0.312. The molecule has 3 rings (SSSR count). The molecule has 0 spiro atoms. The van der Waals surface area contributed by atoms with E-state index in [2.05, 4.69) is 62.4 Å². The summed E-state index contributed by atoms with van der Waals surface area (Å²) in [6.45, 7) is 11.9. The van der Waals surface area contributed by atoms with Gasteiger partial charge < -0.3 is 0 Å². The van der Waals surface area contributed by atoms with Crippen LogP contribution in [0.25, 0.3) is 11.1 Å². The van der Waals surface area contributed by atoms with Crippen LogP contribution in [0.1, 0.15) is 5.69 Å². The van der Waals surface area contributed by atoms with Gasteiger partial charge in [-0.25, -0.2) is 0 Å². The number of nitrogens with zero attached hydrogens (tertiary/aromatic N) is 1. The van der Waals surface area contributed by atoms with Gasteiger partial charge in [-0.2, -0.15) is 0 Å². The molecule has 1 nitrogen and oxygen atoms in total. The Morgan fingerprint density at radius 2 is 1.68 bits per heavy atom. The largest absolute Gasteiger partial charge is 0.261 e. The van der Waals surface area contributed by atoms with Crippen molar-refractivity contribution in [2.24, 2.45) is 0 Å². The van der Waals surface area contributed by atoms with Crippen LogP contribution >= 0.6 is 0 Å². The lowest BCUT2D eigenvalue weighted by molar-refractivity contribution is 1.22. The molecule has 1 radical (unpaired) electrons. The predicted octanol–water partition coefficient (Wildman–Crippen LogP) is 2.15. The Bertz CT molecular complexity index is 660. The van der Waals surface area contributed by atoms with Crippen molar-refractivity contribution in [2.75, 3.05) is 0 Å². The number of rotatable bonds is 1. The number of fused-ring (bicyclic) bond motifs is 3. The summed E-state index contributed by atoms with van der Waals surface area (Å²) >= 11 is 0. The van der Waals surface area contributed by atoms with Crippen LogP contribution in [-0.4, -0.2) is 21.9 Å². The van der Waals surface area contributed by atoms with E-state index < -0.39 is 16.9 Å². The normalized spacial score (nSPS) is 15.5. The molecule has 19 heavy (non-hydrogen) atoms. The van der Waals surface area contributed by atoms with Crippen molar-refractivity contribution in [3.63, 3.8) is 0 Å². The van der Waals surface area contributed by atoms with Gasteiger partial charge in [-0.05, 0) is 28.9 Å². The molecule has 2 heterocycles. The molecular weight excluding hydrogens is 262 g/mol. The molecule has 0 saturated heterocycles. The van der Waals surface area contributed by atoms with Crippen LogP contribution in [0, 0.1) is 6.92 Å². The molecule has 1 aromatic carbocycles. The molecule has 1 aromatic heterocycles. The van der Waals surface area contributed by atoms with Crippen molar-refractivity contribution < 1.29 is 0 Å². The fourth-order valence-corrected chi connectivity index (χ4v) is 7.73.